The molecule has 2 aliphatic carbocycles. The van der Waals surface area contributed by atoms with Crippen molar-refractivity contribution in [3.63, 3.8) is 0 Å². The summed E-state index contributed by atoms with van der Waals surface area (Å²) < 4.78 is 28.7. The lowest BCUT2D eigenvalue weighted by molar-refractivity contribution is -0.404. The van der Waals surface area contributed by atoms with Crippen LogP contribution in [0.2, 0.25) is 0 Å². The zero-order chi connectivity index (χ0) is 22.1. The Morgan fingerprint density at radius 3 is 2.23 bits per heavy atom. The average molecular weight is 452 g/mol. The summed E-state index contributed by atoms with van der Waals surface area (Å²) in [6.07, 6.45) is 16.3. The smallest absolute Gasteiger partial charge is 0.275 e. The third kappa shape index (κ3) is 7.37. The number of pyridine rings is 1. The quantitative estimate of drug-likeness (QED) is 0.404. The molecule has 2 saturated carbocycles. The van der Waals surface area contributed by atoms with Crippen molar-refractivity contribution in [2.45, 2.75) is 94.0 Å². The third-order valence-electron chi connectivity index (χ3n) is 5.98. The second-order valence-electron chi connectivity index (χ2n) is 8.47. The fourth-order valence-corrected chi connectivity index (χ4v) is 5.53. The minimum Gasteiger partial charge on any atom is -0.381 e. The maximum Gasteiger partial charge on any atom is 0.275 e. The monoisotopic (exact) mass is 451 g/mol. The van der Waals surface area contributed by atoms with Gasteiger partial charge in [-0.15, -0.1) is 0 Å². The minimum absolute atomic E-state index is 0.00301. The van der Waals surface area contributed by atoms with Crippen molar-refractivity contribution < 1.29 is 13.3 Å². The predicted molar refractivity (Wildman–Crippen MR) is 119 cm³/mol. The summed E-state index contributed by atoms with van der Waals surface area (Å²) in [6.45, 7) is 0. The standard InChI is InChI=1S/C21H33N5O4S/c27-26(28)16-21(24-18-11-7-4-8-12-18)25-31(29,30)20-15-22-14-13-19(20)23-17-9-5-2-1-3-6-10-17/h13-18,24-25H,1-12H2,(H,22,23)/b21-16-. The Bertz CT molecular complexity index is 860. The molecule has 10 heteroatoms. The van der Waals surface area contributed by atoms with Crippen LogP contribution in [0, 0.1) is 10.1 Å². The molecule has 3 N–H and O–H groups in total. The van der Waals surface area contributed by atoms with Gasteiger partial charge >= 0.3 is 0 Å². The molecule has 1 aromatic rings. The first-order valence-electron chi connectivity index (χ1n) is 11.3. The van der Waals surface area contributed by atoms with Crippen molar-refractivity contribution >= 4 is 15.7 Å². The highest BCUT2D eigenvalue weighted by Gasteiger charge is 2.25. The van der Waals surface area contributed by atoms with Crippen LogP contribution in [0.15, 0.2) is 35.4 Å². The van der Waals surface area contributed by atoms with E-state index in [4.69, 9.17) is 0 Å². The van der Waals surface area contributed by atoms with Crippen molar-refractivity contribution in [3.05, 3.63) is 40.6 Å². The van der Waals surface area contributed by atoms with Gasteiger partial charge in [-0.1, -0.05) is 51.4 Å². The number of nitro groups is 1. The first-order chi connectivity index (χ1) is 14.9. The van der Waals surface area contributed by atoms with Gasteiger partial charge in [0.15, 0.2) is 5.82 Å². The van der Waals surface area contributed by atoms with Gasteiger partial charge in [-0.3, -0.25) is 19.8 Å². The number of rotatable bonds is 8. The van der Waals surface area contributed by atoms with E-state index in [1.54, 1.807) is 12.3 Å². The van der Waals surface area contributed by atoms with Gasteiger partial charge in [-0.2, -0.15) is 0 Å². The van der Waals surface area contributed by atoms with Gasteiger partial charge in [0.1, 0.15) is 4.90 Å². The number of sulfonamides is 1. The second-order valence-corrected chi connectivity index (χ2v) is 10.1. The number of hydrogen-bond acceptors (Lipinski definition) is 7. The van der Waals surface area contributed by atoms with Crippen molar-refractivity contribution in [3.8, 4) is 0 Å². The summed E-state index contributed by atoms with van der Waals surface area (Å²) in [5.41, 5.74) is 0.478. The Morgan fingerprint density at radius 2 is 1.58 bits per heavy atom. The zero-order valence-corrected chi connectivity index (χ0v) is 18.7. The number of hydrogen-bond donors (Lipinski definition) is 3. The highest BCUT2D eigenvalue weighted by molar-refractivity contribution is 7.89. The molecule has 0 aliphatic heterocycles. The van der Waals surface area contributed by atoms with E-state index in [9.17, 15) is 18.5 Å². The molecule has 9 nitrogen and oxygen atoms in total. The van der Waals surface area contributed by atoms with Crippen LogP contribution >= 0.6 is 0 Å². The van der Waals surface area contributed by atoms with Crippen LogP contribution in [0.3, 0.4) is 0 Å². The number of aromatic nitrogens is 1. The molecule has 0 atom stereocenters. The summed E-state index contributed by atoms with van der Waals surface area (Å²) >= 11 is 0. The lowest BCUT2D eigenvalue weighted by Crippen LogP contribution is -2.39. The van der Waals surface area contributed by atoms with Crippen LogP contribution in [0.5, 0.6) is 0 Å². The van der Waals surface area contributed by atoms with Gasteiger partial charge in [0.2, 0.25) is 0 Å². The SMILES string of the molecule is O=[N+]([O-])/C=C(/NC1CCCCC1)NS(=O)(=O)c1cnccc1NC1CCCCCCC1. The maximum absolute atomic E-state index is 13.2. The lowest BCUT2D eigenvalue weighted by atomic mass is 9.96. The molecule has 1 aromatic heterocycles. The molecule has 0 radical (unpaired) electrons. The lowest BCUT2D eigenvalue weighted by Gasteiger charge is -2.25. The van der Waals surface area contributed by atoms with Gasteiger partial charge in [-0.25, -0.2) is 8.42 Å². The van der Waals surface area contributed by atoms with E-state index in [-0.39, 0.29) is 22.8 Å². The van der Waals surface area contributed by atoms with Gasteiger partial charge in [0, 0.05) is 24.5 Å². The van der Waals surface area contributed by atoms with Crippen LogP contribution in [0.1, 0.15) is 77.0 Å². The topological polar surface area (TPSA) is 126 Å². The van der Waals surface area contributed by atoms with E-state index in [0.29, 0.717) is 11.9 Å². The van der Waals surface area contributed by atoms with E-state index >= 15 is 0 Å². The molecule has 1 heterocycles. The third-order valence-corrected chi connectivity index (χ3v) is 7.38. The number of nitrogens with zero attached hydrogens (tertiary/aromatic N) is 2. The number of anilines is 1. The fraction of sp³-hybridized carbons (Fsp3) is 0.667. The second kappa shape index (κ2) is 11.3. The van der Waals surface area contributed by atoms with Gasteiger partial charge < -0.3 is 10.6 Å². The van der Waals surface area contributed by atoms with E-state index in [2.05, 4.69) is 20.3 Å². The Hall–Kier alpha value is -2.36. The summed E-state index contributed by atoms with van der Waals surface area (Å²) in [4.78, 5) is 14.4. The Balaban J connectivity index is 1.77. The fourth-order valence-electron chi connectivity index (χ4n) is 4.40. The van der Waals surface area contributed by atoms with Crippen molar-refractivity contribution in [2.24, 2.45) is 0 Å². The summed E-state index contributed by atoms with van der Waals surface area (Å²) in [5.74, 6) is -0.113. The summed E-state index contributed by atoms with van der Waals surface area (Å²) in [5, 5.41) is 17.5. The van der Waals surface area contributed by atoms with Gasteiger partial charge in [-0.05, 0) is 31.7 Å². The largest absolute Gasteiger partial charge is 0.381 e. The maximum atomic E-state index is 13.2. The summed E-state index contributed by atoms with van der Waals surface area (Å²) in [6, 6.07) is 1.87. The Labute approximate surface area is 184 Å². The molecule has 0 spiro atoms. The van der Waals surface area contributed by atoms with Crippen LogP contribution in [-0.4, -0.2) is 30.4 Å². The average Bonchev–Trinajstić information content (AvgIpc) is 2.70. The molecule has 3 rings (SSSR count). The zero-order valence-electron chi connectivity index (χ0n) is 17.9. The molecule has 172 valence electrons. The molecular weight excluding hydrogens is 418 g/mol. The molecule has 0 saturated heterocycles. The minimum atomic E-state index is -4.06. The van der Waals surface area contributed by atoms with Crippen molar-refractivity contribution in [1.82, 2.24) is 15.0 Å². The Kier molecular flexibility index (Phi) is 8.51. The highest BCUT2D eigenvalue weighted by atomic mass is 32.2. The molecule has 31 heavy (non-hydrogen) atoms. The first kappa shape index (κ1) is 23.3. The molecular formula is C21H33N5O4S. The summed E-state index contributed by atoms with van der Waals surface area (Å²) in [7, 11) is -4.06. The van der Waals surface area contributed by atoms with E-state index < -0.39 is 14.9 Å². The molecule has 0 unspecified atom stereocenters. The van der Waals surface area contributed by atoms with E-state index in [1.165, 1.54) is 25.5 Å². The number of nitrogens with one attached hydrogen (secondary N) is 3. The Morgan fingerprint density at radius 1 is 1.00 bits per heavy atom. The van der Waals surface area contributed by atoms with Gasteiger partial charge in [0.05, 0.1) is 10.6 Å². The molecule has 2 aliphatic rings. The normalized spacial score (nSPS) is 19.8. The van der Waals surface area contributed by atoms with Crippen LogP contribution in [0.4, 0.5) is 5.69 Å². The first-order valence-corrected chi connectivity index (χ1v) is 12.8. The molecule has 2 fully saturated rings. The highest BCUT2D eigenvalue weighted by Crippen LogP contribution is 2.25. The molecule has 0 aromatic carbocycles. The van der Waals surface area contributed by atoms with Crippen LogP contribution in [-0.2, 0) is 10.0 Å². The van der Waals surface area contributed by atoms with Crippen LogP contribution in [0.25, 0.3) is 0 Å². The van der Waals surface area contributed by atoms with Gasteiger partial charge in [0.25, 0.3) is 16.2 Å². The molecule has 0 amide bonds. The van der Waals surface area contributed by atoms with E-state index in [0.717, 1.165) is 57.8 Å². The van der Waals surface area contributed by atoms with Crippen molar-refractivity contribution in [1.29, 1.82) is 0 Å². The van der Waals surface area contributed by atoms with Crippen LogP contribution < -0.4 is 15.4 Å². The molecule has 0 bridgehead atoms. The van der Waals surface area contributed by atoms with Crippen molar-refractivity contribution in [2.75, 3.05) is 5.32 Å². The predicted octanol–water partition coefficient (Wildman–Crippen LogP) is 3.88. The van der Waals surface area contributed by atoms with E-state index in [1.807, 2.05) is 0 Å².